The standard InChI is InChI=1S/C19H18O5.C2H6/c20-12-14-3-1-2-4-15(14)17(22)7-6-16(21)13-5-8-18-19(11-13)24-10-9-23-18;1-2/h1-5,8,11,20H,6-7,9-10,12H2;1-2H3. The van der Waals surface area contributed by atoms with Crippen LogP contribution < -0.4 is 9.47 Å². The Labute approximate surface area is 153 Å². The Bertz CT molecular complexity index is 767. The van der Waals surface area contributed by atoms with Crippen LogP contribution in [-0.4, -0.2) is 29.9 Å². The zero-order chi connectivity index (χ0) is 18.9. The van der Waals surface area contributed by atoms with E-state index in [9.17, 15) is 14.7 Å². The second kappa shape index (κ2) is 9.73. The molecule has 1 heterocycles. The fourth-order valence-electron chi connectivity index (χ4n) is 2.65. The van der Waals surface area contributed by atoms with E-state index >= 15 is 0 Å². The summed E-state index contributed by atoms with van der Waals surface area (Å²) in [7, 11) is 0. The molecule has 0 spiro atoms. The summed E-state index contributed by atoms with van der Waals surface area (Å²) in [6.07, 6.45) is 0.211. The van der Waals surface area contributed by atoms with Crippen molar-refractivity contribution in [1.29, 1.82) is 0 Å². The average molecular weight is 356 g/mol. The Morgan fingerprint density at radius 1 is 0.923 bits per heavy atom. The van der Waals surface area contributed by atoms with Crippen molar-refractivity contribution < 1.29 is 24.2 Å². The van der Waals surface area contributed by atoms with Crippen molar-refractivity contribution in [1.82, 2.24) is 0 Å². The minimum Gasteiger partial charge on any atom is -0.486 e. The van der Waals surface area contributed by atoms with Crippen LogP contribution in [-0.2, 0) is 6.61 Å². The Hall–Kier alpha value is -2.66. The van der Waals surface area contributed by atoms with E-state index in [1.54, 1.807) is 42.5 Å². The van der Waals surface area contributed by atoms with Crippen LogP contribution in [0.25, 0.3) is 0 Å². The number of hydrogen-bond acceptors (Lipinski definition) is 5. The molecule has 138 valence electrons. The predicted octanol–water partition coefficient (Wildman–Crippen LogP) is 3.82. The van der Waals surface area contributed by atoms with E-state index in [-0.39, 0.29) is 31.0 Å². The molecule has 0 unspecified atom stereocenters. The van der Waals surface area contributed by atoms with Gasteiger partial charge in [0.1, 0.15) is 13.2 Å². The molecule has 0 aliphatic carbocycles. The van der Waals surface area contributed by atoms with Gasteiger partial charge in [0.25, 0.3) is 0 Å². The molecule has 26 heavy (non-hydrogen) atoms. The molecule has 2 aromatic carbocycles. The lowest BCUT2D eigenvalue weighted by Gasteiger charge is -2.18. The van der Waals surface area contributed by atoms with Crippen molar-refractivity contribution in [2.24, 2.45) is 0 Å². The lowest BCUT2D eigenvalue weighted by atomic mass is 9.98. The van der Waals surface area contributed by atoms with Crippen molar-refractivity contribution >= 4 is 11.6 Å². The van der Waals surface area contributed by atoms with Gasteiger partial charge in [0.15, 0.2) is 23.1 Å². The van der Waals surface area contributed by atoms with E-state index in [0.29, 0.717) is 41.4 Å². The number of fused-ring (bicyclic) bond motifs is 1. The fraction of sp³-hybridized carbons (Fsp3) is 0.333. The molecule has 5 nitrogen and oxygen atoms in total. The highest BCUT2D eigenvalue weighted by Gasteiger charge is 2.17. The van der Waals surface area contributed by atoms with Crippen molar-refractivity contribution in [3.05, 3.63) is 59.2 Å². The lowest BCUT2D eigenvalue weighted by Crippen LogP contribution is -2.16. The summed E-state index contributed by atoms with van der Waals surface area (Å²) < 4.78 is 10.9. The monoisotopic (exact) mass is 356 g/mol. The highest BCUT2D eigenvalue weighted by Crippen LogP contribution is 2.31. The van der Waals surface area contributed by atoms with Gasteiger partial charge in [-0.25, -0.2) is 0 Å². The number of Topliss-reactive ketones (excluding diaryl/α,β-unsaturated/α-hetero) is 2. The maximum Gasteiger partial charge on any atom is 0.163 e. The van der Waals surface area contributed by atoms with Crippen LogP contribution in [0.1, 0.15) is 53.0 Å². The molecule has 1 aliphatic rings. The van der Waals surface area contributed by atoms with Crippen LogP contribution in [0.3, 0.4) is 0 Å². The number of benzene rings is 2. The second-order valence-electron chi connectivity index (χ2n) is 5.52. The van der Waals surface area contributed by atoms with Crippen molar-refractivity contribution in [3.63, 3.8) is 0 Å². The first-order valence-electron chi connectivity index (χ1n) is 8.84. The topological polar surface area (TPSA) is 72.8 Å². The van der Waals surface area contributed by atoms with Crippen molar-refractivity contribution in [3.8, 4) is 11.5 Å². The number of rotatable bonds is 6. The normalized spacial score (nSPS) is 12.0. The van der Waals surface area contributed by atoms with Gasteiger partial charge in [-0.1, -0.05) is 38.1 Å². The van der Waals surface area contributed by atoms with E-state index in [1.807, 2.05) is 13.8 Å². The van der Waals surface area contributed by atoms with E-state index in [0.717, 1.165) is 0 Å². The van der Waals surface area contributed by atoms with Gasteiger partial charge < -0.3 is 14.6 Å². The van der Waals surface area contributed by atoms with Gasteiger partial charge in [-0.15, -0.1) is 0 Å². The summed E-state index contributed by atoms with van der Waals surface area (Å²) in [4.78, 5) is 24.6. The van der Waals surface area contributed by atoms with Gasteiger partial charge in [0, 0.05) is 24.0 Å². The van der Waals surface area contributed by atoms with Crippen LogP contribution in [0, 0.1) is 0 Å². The summed E-state index contributed by atoms with van der Waals surface area (Å²) in [6, 6.07) is 11.9. The van der Waals surface area contributed by atoms with Gasteiger partial charge >= 0.3 is 0 Å². The molecule has 0 aromatic heterocycles. The smallest absolute Gasteiger partial charge is 0.163 e. The Kier molecular flexibility index (Phi) is 7.36. The molecule has 0 atom stereocenters. The molecule has 2 aromatic rings. The van der Waals surface area contributed by atoms with E-state index in [2.05, 4.69) is 0 Å². The third-order valence-corrected chi connectivity index (χ3v) is 3.93. The van der Waals surface area contributed by atoms with Crippen molar-refractivity contribution in [2.75, 3.05) is 13.2 Å². The zero-order valence-corrected chi connectivity index (χ0v) is 15.2. The number of carbonyl (C=O) groups excluding carboxylic acids is 2. The van der Waals surface area contributed by atoms with E-state index < -0.39 is 0 Å². The summed E-state index contributed by atoms with van der Waals surface area (Å²) in [5, 5.41) is 9.29. The molecule has 1 aliphatic heterocycles. The third kappa shape index (κ3) is 4.70. The zero-order valence-electron chi connectivity index (χ0n) is 15.2. The van der Waals surface area contributed by atoms with Crippen LogP contribution in [0.5, 0.6) is 11.5 Å². The van der Waals surface area contributed by atoms with Gasteiger partial charge in [0.2, 0.25) is 0 Å². The SMILES string of the molecule is CC.O=C(CCC(=O)c1ccccc1CO)c1ccc2c(c1)OCCO2. The summed E-state index contributed by atoms with van der Waals surface area (Å²) >= 11 is 0. The predicted molar refractivity (Wildman–Crippen MR) is 99.0 cm³/mol. The van der Waals surface area contributed by atoms with E-state index in [4.69, 9.17) is 9.47 Å². The van der Waals surface area contributed by atoms with Crippen LogP contribution in [0.4, 0.5) is 0 Å². The first-order chi connectivity index (χ1) is 12.7. The second-order valence-corrected chi connectivity index (χ2v) is 5.52. The molecule has 3 rings (SSSR count). The number of carbonyl (C=O) groups is 2. The minimum atomic E-state index is -0.196. The summed E-state index contributed by atoms with van der Waals surface area (Å²) in [5.74, 6) is 0.919. The maximum atomic E-state index is 12.3. The Morgan fingerprint density at radius 3 is 2.31 bits per heavy atom. The van der Waals surface area contributed by atoms with Crippen LogP contribution >= 0.6 is 0 Å². The minimum absolute atomic E-state index is 0.101. The maximum absolute atomic E-state index is 12.3. The Balaban J connectivity index is 0.00000117. The highest BCUT2D eigenvalue weighted by molar-refractivity contribution is 6.03. The van der Waals surface area contributed by atoms with Crippen LogP contribution in [0.2, 0.25) is 0 Å². The quantitative estimate of drug-likeness (QED) is 0.797. The van der Waals surface area contributed by atoms with Gasteiger partial charge in [-0.2, -0.15) is 0 Å². The van der Waals surface area contributed by atoms with Crippen molar-refractivity contribution in [2.45, 2.75) is 33.3 Å². The van der Waals surface area contributed by atoms with E-state index in [1.165, 1.54) is 0 Å². The molecule has 0 saturated carbocycles. The van der Waals surface area contributed by atoms with Crippen LogP contribution in [0.15, 0.2) is 42.5 Å². The van der Waals surface area contributed by atoms with Gasteiger partial charge in [-0.3, -0.25) is 9.59 Å². The molecule has 1 N–H and O–H groups in total. The largest absolute Gasteiger partial charge is 0.486 e. The number of ketones is 2. The fourth-order valence-corrected chi connectivity index (χ4v) is 2.65. The molecular formula is C21H24O5. The number of aliphatic hydroxyl groups excluding tert-OH is 1. The highest BCUT2D eigenvalue weighted by atomic mass is 16.6. The molecule has 5 heteroatoms. The third-order valence-electron chi connectivity index (χ3n) is 3.93. The number of ether oxygens (including phenoxy) is 2. The molecule has 0 amide bonds. The lowest BCUT2D eigenvalue weighted by molar-refractivity contribution is 0.0915. The summed E-state index contributed by atoms with van der Waals surface area (Å²) in [6.45, 7) is 4.76. The van der Waals surface area contributed by atoms with Gasteiger partial charge in [-0.05, 0) is 23.8 Å². The first kappa shape index (κ1) is 19.7. The number of aliphatic hydroxyl groups is 1. The molecule has 0 saturated heterocycles. The first-order valence-corrected chi connectivity index (χ1v) is 8.84. The molecular weight excluding hydrogens is 332 g/mol. The Morgan fingerprint density at radius 2 is 1.58 bits per heavy atom. The molecule has 0 radical (unpaired) electrons. The van der Waals surface area contributed by atoms with Gasteiger partial charge in [0.05, 0.1) is 6.61 Å². The number of hydrogen-bond donors (Lipinski definition) is 1. The summed E-state index contributed by atoms with van der Waals surface area (Å²) in [5.41, 5.74) is 1.55. The molecule has 0 bridgehead atoms. The molecule has 0 fully saturated rings. The average Bonchev–Trinajstić information content (AvgIpc) is 2.72.